The van der Waals surface area contributed by atoms with E-state index in [9.17, 15) is 18.3 Å². The van der Waals surface area contributed by atoms with Crippen molar-refractivity contribution in [3.63, 3.8) is 0 Å². The van der Waals surface area contributed by atoms with Crippen molar-refractivity contribution in [2.45, 2.75) is 38.1 Å². The average molecular weight is 404 g/mol. The van der Waals surface area contributed by atoms with E-state index >= 15 is 0 Å². The van der Waals surface area contributed by atoms with Gasteiger partial charge in [-0.15, -0.1) is 0 Å². The number of amidine groups is 1. The van der Waals surface area contributed by atoms with Gasteiger partial charge in [0.1, 0.15) is 5.84 Å². The molecule has 0 bridgehead atoms. The molecule has 2 aliphatic heterocycles. The summed E-state index contributed by atoms with van der Waals surface area (Å²) in [6, 6.07) is 7.52. The van der Waals surface area contributed by atoms with Crippen LogP contribution in [-0.4, -0.2) is 46.6 Å². The van der Waals surface area contributed by atoms with E-state index < -0.39 is 11.7 Å². The Balaban J connectivity index is 1.49. The van der Waals surface area contributed by atoms with Crippen molar-refractivity contribution in [2.75, 3.05) is 25.0 Å². The third-order valence-electron chi connectivity index (χ3n) is 5.36. The van der Waals surface area contributed by atoms with Crippen LogP contribution in [0.3, 0.4) is 0 Å². The van der Waals surface area contributed by atoms with Crippen molar-refractivity contribution in [3.8, 4) is 11.3 Å². The highest BCUT2D eigenvalue weighted by Gasteiger charge is 2.34. The van der Waals surface area contributed by atoms with Crippen LogP contribution in [0.25, 0.3) is 11.3 Å². The third-order valence-corrected chi connectivity index (χ3v) is 5.36. The first kappa shape index (κ1) is 19.8. The molecular formula is C21H23F3N4O. The van der Waals surface area contributed by atoms with E-state index in [1.54, 1.807) is 18.2 Å². The number of likely N-dealkylation sites (tertiary alicyclic amines) is 1. The van der Waals surface area contributed by atoms with Crippen LogP contribution < -0.4 is 5.32 Å². The highest BCUT2D eigenvalue weighted by Crippen LogP contribution is 2.37. The molecule has 0 amide bonds. The van der Waals surface area contributed by atoms with Crippen molar-refractivity contribution < 1.29 is 18.3 Å². The Hall–Kier alpha value is -2.45. The van der Waals surface area contributed by atoms with Crippen LogP contribution in [0.4, 0.5) is 18.9 Å². The zero-order valence-corrected chi connectivity index (χ0v) is 15.9. The van der Waals surface area contributed by atoms with E-state index in [0.29, 0.717) is 25.1 Å². The number of aliphatic hydroxyl groups is 1. The van der Waals surface area contributed by atoms with Gasteiger partial charge in [0, 0.05) is 37.0 Å². The molecule has 1 aromatic heterocycles. The molecule has 0 aliphatic carbocycles. The fraction of sp³-hybridized carbons (Fsp3) is 0.429. The number of aliphatic hydroxyl groups excluding tert-OH is 1. The fourth-order valence-electron chi connectivity index (χ4n) is 3.86. The van der Waals surface area contributed by atoms with Gasteiger partial charge in [0.05, 0.1) is 23.9 Å². The Bertz CT molecular complexity index is 913. The van der Waals surface area contributed by atoms with Gasteiger partial charge in [-0.1, -0.05) is 12.1 Å². The molecular weight excluding hydrogens is 381 g/mol. The fourth-order valence-corrected chi connectivity index (χ4v) is 3.86. The van der Waals surface area contributed by atoms with E-state index in [4.69, 9.17) is 0 Å². The van der Waals surface area contributed by atoms with Gasteiger partial charge in [0.15, 0.2) is 0 Å². The van der Waals surface area contributed by atoms with E-state index in [1.807, 2.05) is 0 Å². The van der Waals surface area contributed by atoms with E-state index in [0.717, 1.165) is 49.1 Å². The van der Waals surface area contributed by atoms with Crippen LogP contribution in [0.2, 0.25) is 0 Å². The van der Waals surface area contributed by atoms with Gasteiger partial charge < -0.3 is 15.3 Å². The van der Waals surface area contributed by atoms with Gasteiger partial charge in [-0.3, -0.25) is 9.98 Å². The minimum atomic E-state index is -4.46. The predicted molar refractivity (Wildman–Crippen MR) is 106 cm³/mol. The van der Waals surface area contributed by atoms with E-state index in [2.05, 4.69) is 20.2 Å². The molecule has 4 rings (SSSR count). The SMILES string of the molecule is OC1CCCN(CCC2=NCc3ccc(-c4ncccc4C(F)(F)F)cc3N2)C1. The van der Waals surface area contributed by atoms with Gasteiger partial charge >= 0.3 is 6.18 Å². The Morgan fingerprint density at radius 3 is 2.90 bits per heavy atom. The number of piperidine rings is 1. The van der Waals surface area contributed by atoms with Crippen molar-refractivity contribution in [2.24, 2.45) is 4.99 Å². The normalized spacial score (nSPS) is 20.0. The number of alkyl halides is 3. The molecule has 2 aliphatic rings. The third kappa shape index (κ3) is 4.59. The molecule has 1 aromatic carbocycles. The number of fused-ring (bicyclic) bond motifs is 1. The summed E-state index contributed by atoms with van der Waals surface area (Å²) in [5.74, 6) is 0.812. The highest BCUT2D eigenvalue weighted by atomic mass is 19.4. The Morgan fingerprint density at radius 1 is 1.24 bits per heavy atom. The molecule has 0 saturated carbocycles. The number of pyridine rings is 1. The van der Waals surface area contributed by atoms with Crippen LogP contribution >= 0.6 is 0 Å². The van der Waals surface area contributed by atoms with Crippen LogP contribution in [0, 0.1) is 0 Å². The number of halogens is 3. The summed E-state index contributed by atoms with van der Waals surface area (Å²) in [6.45, 7) is 2.92. The zero-order valence-electron chi connectivity index (χ0n) is 15.9. The predicted octanol–water partition coefficient (Wildman–Crippen LogP) is 3.94. The number of β-amino-alcohol motifs (C(OH)–C–C–N with tert-alkyl or cyclic N) is 1. The lowest BCUT2D eigenvalue weighted by atomic mass is 10.0. The molecule has 2 N–H and O–H groups in total. The lowest BCUT2D eigenvalue weighted by Crippen LogP contribution is -2.39. The van der Waals surface area contributed by atoms with Crippen molar-refractivity contribution in [1.29, 1.82) is 0 Å². The number of hydrogen-bond acceptors (Lipinski definition) is 5. The summed E-state index contributed by atoms with van der Waals surface area (Å²) < 4.78 is 40.0. The number of nitrogens with one attached hydrogen (secondary N) is 1. The highest BCUT2D eigenvalue weighted by molar-refractivity contribution is 5.98. The first-order chi connectivity index (χ1) is 13.9. The lowest BCUT2D eigenvalue weighted by Gasteiger charge is -2.30. The van der Waals surface area contributed by atoms with Crippen molar-refractivity contribution >= 4 is 11.5 Å². The number of anilines is 1. The number of rotatable bonds is 4. The molecule has 5 nitrogen and oxygen atoms in total. The summed E-state index contributed by atoms with van der Waals surface area (Å²) in [6.07, 6.45) is -0.823. The molecule has 0 radical (unpaired) electrons. The quantitative estimate of drug-likeness (QED) is 0.811. The zero-order chi connectivity index (χ0) is 20.4. The summed E-state index contributed by atoms with van der Waals surface area (Å²) in [5.41, 5.74) is 1.31. The molecule has 1 unspecified atom stereocenters. The minimum Gasteiger partial charge on any atom is -0.392 e. The molecule has 154 valence electrons. The summed E-state index contributed by atoms with van der Waals surface area (Å²) in [4.78, 5) is 10.7. The van der Waals surface area contributed by atoms with Gasteiger partial charge in [0.2, 0.25) is 0 Å². The second kappa shape index (κ2) is 8.12. The second-order valence-corrected chi connectivity index (χ2v) is 7.50. The summed E-state index contributed by atoms with van der Waals surface area (Å²) >= 11 is 0. The largest absolute Gasteiger partial charge is 0.418 e. The molecule has 1 saturated heterocycles. The Kier molecular flexibility index (Phi) is 5.56. The lowest BCUT2D eigenvalue weighted by molar-refractivity contribution is -0.137. The van der Waals surface area contributed by atoms with Crippen LogP contribution in [0.15, 0.2) is 41.5 Å². The van der Waals surface area contributed by atoms with Crippen LogP contribution in [-0.2, 0) is 12.7 Å². The molecule has 29 heavy (non-hydrogen) atoms. The minimum absolute atomic E-state index is 0.0732. The molecule has 1 fully saturated rings. The number of hydrogen-bond donors (Lipinski definition) is 2. The smallest absolute Gasteiger partial charge is 0.392 e. The van der Waals surface area contributed by atoms with Gasteiger partial charge in [0.25, 0.3) is 0 Å². The monoisotopic (exact) mass is 404 g/mol. The van der Waals surface area contributed by atoms with Crippen LogP contribution in [0.5, 0.6) is 0 Å². The molecule has 8 heteroatoms. The summed E-state index contributed by atoms with van der Waals surface area (Å²) in [5, 5.41) is 13.1. The van der Waals surface area contributed by atoms with Crippen molar-refractivity contribution in [3.05, 3.63) is 47.7 Å². The molecule has 3 heterocycles. The first-order valence-corrected chi connectivity index (χ1v) is 9.76. The number of aromatic nitrogens is 1. The molecule has 1 atom stereocenters. The average Bonchev–Trinajstić information content (AvgIpc) is 2.71. The van der Waals surface area contributed by atoms with Crippen LogP contribution in [0.1, 0.15) is 30.4 Å². The number of nitrogens with zero attached hydrogens (tertiary/aromatic N) is 3. The first-order valence-electron chi connectivity index (χ1n) is 9.76. The van der Waals surface area contributed by atoms with E-state index in [1.165, 1.54) is 12.3 Å². The van der Waals surface area contributed by atoms with E-state index in [-0.39, 0.29) is 11.8 Å². The maximum atomic E-state index is 13.3. The Morgan fingerprint density at radius 2 is 2.10 bits per heavy atom. The maximum Gasteiger partial charge on any atom is 0.418 e. The summed E-state index contributed by atoms with van der Waals surface area (Å²) in [7, 11) is 0. The maximum absolute atomic E-state index is 13.3. The standard InChI is InChI=1S/C21H23F3N4O/c22-21(23,24)17-4-1-8-25-20(17)14-5-6-15-12-26-19(27-18(15)11-14)7-10-28-9-2-3-16(29)13-28/h1,4-6,8,11,16,29H,2-3,7,9-10,12-13H2,(H,26,27). The number of aliphatic imine (C=N–C) groups is 1. The molecule has 2 aromatic rings. The van der Waals surface area contributed by atoms with Gasteiger partial charge in [-0.25, -0.2) is 0 Å². The Labute approximate surface area is 167 Å². The van der Waals surface area contributed by atoms with Crippen molar-refractivity contribution in [1.82, 2.24) is 9.88 Å². The topological polar surface area (TPSA) is 60.8 Å². The van der Waals surface area contributed by atoms with Gasteiger partial charge in [-0.2, -0.15) is 13.2 Å². The molecule has 0 spiro atoms. The van der Waals surface area contributed by atoms with Gasteiger partial charge in [-0.05, 0) is 43.1 Å². The second-order valence-electron chi connectivity index (χ2n) is 7.50. The number of benzene rings is 1.